The second-order valence-electron chi connectivity index (χ2n) is 5.28. The molecule has 9 N–H and O–H groups in total. The molecular weight excluding hydrogens is 421 g/mol. The van der Waals surface area contributed by atoms with E-state index in [-0.39, 0.29) is 50.4 Å². The molecule has 0 aliphatic heterocycles. The third-order valence-corrected chi connectivity index (χ3v) is 3.68. The lowest BCUT2D eigenvalue weighted by molar-refractivity contribution is -0.138. The van der Waals surface area contributed by atoms with Crippen LogP contribution in [0.1, 0.15) is 0 Å². The summed E-state index contributed by atoms with van der Waals surface area (Å²) in [6, 6.07) is -3.22. The molecule has 0 spiro atoms. The number of aliphatic carboxylic acids is 2. The standard InChI is InChI=1S/C12H23N3O8.3ClH/c16-2-1-13-7-10(21)8(14-3-5(17)18)12(23)9(11(7)22)15-4-6(19)20;;;/h7-16,21-23H,1-4H2,(H,17,18)(H,19,20);3*1H/t7?,8-,9+,10-,11+,12?;;;. The van der Waals surface area contributed by atoms with Crippen LogP contribution in [-0.2, 0) is 9.59 Å². The molecule has 6 atom stereocenters. The second-order valence-corrected chi connectivity index (χ2v) is 5.28. The monoisotopic (exact) mass is 445 g/mol. The highest BCUT2D eigenvalue weighted by molar-refractivity contribution is 5.86. The van der Waals surface area contributed by atoms with Crippen LogP contribution in [0.4, 0.5) is 0 Å². The van der Waals surface area contributed by atoms with E-state index in [4.69, 9.17) is 15.3 Å². The molecule has 0 aromatic rings. The first-order valence-corrected chi connectivity index (χ1v) is 7.08. The summed E-state index contributed by atoms with van der Waals surface area (Å²) in [6.07, 6.45) is -4.13. The summed E-state index contributed by atoms with van der Waals surface area (Å²) in [5.74, 6) is -2.41. The van der Waals surface area contributed by atoms with Crippen molar-refractivity contribution >= 4 is 49.2 Å². The minimum Gasteiger partial charge on any atom is -0.480 e. The number of halogens is 3. The molecule has 0 heterocycles. The first-order chi connectivity index (χ1) is 10.8. The second kappa shape index (κ2) is 14.6. The van der Waals surface area contributed by atoms with Crippen molar-refractivity contribution in [1.82, 2.24) is 16.0 Å². The number of rotatable bonds is 9. The van der Waals surface area contributed by atoms with E-state index >= 15 is 0 Å². The SMILES string of the molecule is Cl.Cl.Cl.O=C(O)CN[C@@H]1C(O)[C@H](NCC(=O)O)[C@H](O)C(NCCO)[C@@H]1O. The summed E-state index contributed by atoms with van der Waals surface area (Å²) in [5.41, 5.74) is 0. The Morgan fingerprint density at radius 1 is 0.692 bits per heavy atom. The first-order valence-electron chi connectivity index (χ1n) is 7.08. The molecule has 158 valence electrons. The van der Waals surface area contributed by atoms with Crippen LogP contribution in [0.5, 0.6) is 0 Å². The van der Waals surface area contributed by atoms with Gasteiger partial charge in [0.2, 0.25) is 0 Å². The number of nitrogens with one attached hydrogen (secondary N) is 3. The Bertz CT molecular complexity index is 391. The van der Waals surface area contributed by atoms with Gasteiger partial charge in [-0.05, 0) is 0 Å². The Kier molecular flexibility index (Phi) is 17.0. The van der Waals surface area contributed by atoms with Crippen LogP contribution in [-0.4, -0.2) is 105 Å². The first kappa shape index (κ1) is 30.3. The number of aliphatic hydroxyl groups excluding tert-OH is 4. The van der Waals surface area contributed by atoms with Crippen molar-refractivity contribution in [2.75, 3.05) is 26.2 Å². The maximum Gasteiger partial charge on any atom is 0.317 e. The van der Waals surface area contributed by atoms with Gasteiger partial charge >= 0.3 is 11.9 Å². The van der Waals surface area contributed by atoms with Gasteiger partial charge in [-0.1, -0.05) is 0 Å². The molecule has 1 rings (SSSR count). The van der Waals surface area contributed by atoms with Crippen molar-refractivity contribution in [3.05, 3.63) is 0 Å². The molecule has 1 aliphatic carbocycles. The van der Waals surface area contributed by atoms with Gasteiger partial charge in [0.05, 0.1) is 56.1 Å². The van der Waals surface area contributed by atoms with E-state index in [2.05, 4.69) is 16.0 Å². The Balaban J connectivity index is -0.00000176. The van der Waals surface area contributed by atoms with Gasteiger partial charge < -0.3 is 36.0 Å². The molecule has 11 nitrogen and oxygen atoms in total. The molecule has 0 bridgehead atoms. The molecule has 1 saturated carbocycles. The third kappa shape index (κ3) is 8.48. The van der Waals surface area contributed by atoms with E-state index in [0.29, 0.717) is 0 Å². The van der Waals surface area contributed by atoms with Gasteiger partial charge in [-0.3, -0.25) is 20.2 Å². The molecule has 26 heavy (non-hydrogen) atoms. The largest absolute Gasteiger partial charge is 0.480 e. The average molecular weight is 447 g/mol. The van der Waals surface area contributed by atoms with E-state index in [0.717, 1.165) is 0 Å². The lowest BCUT2D eigenvalue weighted by Gasteiger charge is -2.46. The van der Waals surface area contributed by atoms with Crippen LogP contribution in [0.25, 0.3) is 0 Å². The van der Waals surface area contributed by atoms with Gasteiger partial charge in [-0.15, -0.1) is 37.2 Å². The molecule has 0 aromatic carbocycles. The zero-order valence-corrected chi connectivity index (χ0v) is 16.0. The Labute approximate surface area is 168 Å². The van der Waals surface area contributed by atoms with Crippen LogP contribution in [0, 0.1) is 0 Å². The van der Waals surface area contributed by atoms with Crippen molar-refractivity contribution in [3.8, 4) is 0 Å². The highest BCUT2D eigenvalue weighted by Crippen LogP contribution is 2.21. The smallest absolute Gasteiger partial charge is 0.317 e. The molecule has 2 unspecified atom stereocenters. The Morgan fingerprint density at radius 2 is 1.00 bits per heavy atom. The highest BCUT2D eigenvalue weighted by Gasteiger charge is 2.49. The number of carboxylic acids is 2. The van der Waals surface area contributed by atoms with Gasteiger partial charge in [-0.25, -0.2) is 0 Å². The molecule has 14 heteroatoms. The molecule has 0 amide bonds. The summed E-state index contributed by atoms with van der Waals surface area (Å²) in [7, 11) is 0. The number of carbonyl (C=O) groups is 2. The van der Waals surface area contributed by atoms with Gasteiger partial charge in [0.25, 0.3) is 0 Å². The van der Waals surface area contributed by atoms with Crippen molar-refractivity contribution in [2.45, 2.75) is 36.4 Å². The Hall–Kier alpha value is -0.470. The molecule has 1 fully saturated rings. The van der Waals surface area contributed by atoms with Gasteiger partial charge in [0.15, 0.2) is 0 Å². The van der Waals surface area contributed by atoms with Gasteiger partial charge in [-0.2, -0.15) is 0 Å². The van der Waals surface area contributed by atoms with Crippen LogP contribution in [0.3, 0.4) is 0 Å². The van der Waals surface area contributed by atoms with Crippen LogP contribution in [0.15, 0.2) is 0 Å². The summed E-state index contributed by atoms with van der Waals surface area (Å²) in [4.78, 5) is 21.3. The fourth-order valence-electron chi connectivity index (χ4n) is 2.64. The fraction of sp³-hybridized carbons (Fsp3) is 0.833. The van der Waals surface area contributed by atoms with E-state index in [1.807, 2.05) is 0 Å². The van der Waals surface area contributed by atoms with Crippen molar-refractivity contribution in [2.24, 2.45) is 0 Å². The topological polar surface area (TPSA) is 192 Å². The average Bonchev–Trinajstić information content (AvgIpc) is 2.46. The highest BCUT2D eigenvalue weighted by atomic mass is 35.5. The zero-order chi connectivity index (χ0) is 17.6. The molecule has 0 aromatic heterocycles. The summed E-state index contributed by atoms with van der Waals surface area (Å²) >= 11 is 0. The van der Waals surface area contributed by atoms with Crippen molar-refractivity contribution < 1.29 is 40.2 Å². The Morgan fingerprint density at radius 3 is 1.27 bits per heavy atom. The molecule has 0 saturated heterocycles. The van der Waals surface area contributed by atoms with Crippen LogP contribution < -0.4 is 16.0 Å². The normalized spacial score (nSPS) is 30.3. The maximum atomic E-state index is 10.7. The minimum atomic E-state index is -1.43. The van der Waals surface area contributed by atoms with E-state index in [9.17, 15) is 24.9 Å². The number of carboxylic acid groups (broad SMARTS) is 2. The molecule has 1 aliphatic rings. The molecule has 0 radical (unpaired) electrons. The summed E-state index contributed by atoms with van der Waals surface area (Å²) in [6.45, 7) is -1.29. The minimum absolute atomic E-state index is 0. The van der Waals surface area contributed by atoms with Gasteiger partial charge in [0, 0.05) is 6.54 Å². The van der Waals surface area contributed by atoms with E-state index in [1.54, 1.807) is 0 Å². The number of aliphatic hydroxyl groups is 4. The zero-order valence-electron chi connectivity index (χ0n) is 13.5. The predicted octanol–water partition coefficient (Wildman–Crippen LogP) is -3.62. The third-order valence-electron chi connectivity index (χ3n) is 3.68. The fourth-order valence-corrected chi connectivity index (χ4v) is 2.64. The lowest BCUT2D eigenvalue weighted by Crippen LogP contribution is -2.74. The van der Waals surface area contributed by atoms with Crippen LogP contribution in [0.2, 0.25) is 0 Å². The maximum absolute atomic E-state index is 10.7. The summed E-state index contributed by atoms with van der Waals surface area (Å²) in [5, 5.41) is 64.6. The van der Waals surface area contributed by atoms with Gasteiger partial charge in [0.1, 0.15) is 0 Å². The van der Waals surface area contributed by atoms with Crippen LogP contribution >= 0.6 is 37.2 Å². The number of hydrogen-bond donors (Lipinski definition) is 9. The van der Waals surface area contributed by atoms with E-state index in [1.165, 1.54) is 0 Å². The lowest BCUT2D eigenvalue weighted by atomic mass is 9.79. The van der Waals surface area contributed by atoms with Crippen molar-refractivity contribution in [3.63, 3.8) is 0 Å². The molecular formula is C12H26Cl3N3O8. The van der Waals surface area contributed by atoms with E-state index < -0.39 is 61.5 Å². The quantitative estimate of drug-likeness (QED) is 0.170. The van der Waals surface area contributed by atoms with Crippen molar-refractivity contribution in [1.29, 1.82) is 0 Å². The predicted molar refractivity (Wildman–Crippen MR) is 97.5 cm³/mol. The number of hydrogen-bond acceptors (Lipinski definition) is 9. The summed E-state index contributed by atoms with van der Waals surface area (Å²) < 4.78 is 0.